The Bertz CT molecular complexity index is 674. The molecule has 0 amide bonds. The first kappa shape index (κ1) is 26.6. The number of hydrogen-bond donors (Lipinski definition) is 1. The summed E-state index contributed by atoms with van der Waals surface area (Å²) < 4.78 is 42.3. The molecule has 146 valence electrons. The number of carbonyl (C=O) groups excluding carboxylic acids is 2. The van der Waals surface area contributed by atoms with E-state index in [9.17, 15) is 22.6 Å². The van der Waals surface area contributed by atoms with Crippen LogP contribution in [-0.2, 0) is 19.6 Å². The SMILES string of the molecule is CCCCCOC(=O)c1cc(C(=O)OCCCCC)cc(S(=O)(=O)O)c1.[Ba+2]. The number of carbonyl (C=O) groups is 2. The molecule has 0 aliphatic rings. The molecule has 0 saturated heterocycles. The van der Waals surface area contributed by atoms with E-state index in [2.05, 4.69) is 0 Å². The molecule has 0 radical (unpaired) electrons. The van der Waals surface area contributed by atoms with Gasteiger partial charge in [-0.05, 0) is 31.0 Å². The van der Waals surface area contributed by atoms with Crippen molar-refractivity contribution in [2.75, 3.05) is 13.2 Å². The molecule has 0 fully saturated rings. The summed E-state index contributed by atoms with van der Waals surface area (Å²) in [6.07, 6.45) is 5.09. The molecule has 0 aliphatic carbocycles. The number of unbranched alkanes of at least 4 members (excludes halogenated alkanes) is 4. The third kappa shape index (κ3) is 10.1. The molecule has 0 atom stereocenters. The smallest absolute Gasteiger partial charge is 0.462 e. The topological polar surface area (TPSA) is 107 Å². The number of rotatable bonds is 11. The average molecular weight is 524 g/mol. The molecule has 7 nitrogen and oxygen atoms in total. The fourth-order valence-corrected chi connectivity index (χ4v) is 2.74. The Kier molecular flexibility index (Phi) is 13.6. The Morgan fingerprint density at radius 3 is 1.59 bits per heavy atom. The van der Waals surface area contributed by atoms with E-state index in [1.807, 2.05) is 13.8 Å². The Balaban J connectivity index is 0.00000676. The largest absolute Gasteiger partial charge is 2.00 e. The minimum atomic E-state index is -4.59. The summed E-state index contributed by atoms with van der Waals surface area (Å²) in [7, 11) is -4.59. The molecule has 0 aromatic heterocycles. The van der Waals surface area contributed by atoms with Gasteiger partial charge >= 0.3 is 60.8 Å². The zero-order valence-corrected chi connectivity index (χ0v) is 21.2. The molecule has 9 heteroatoms. The van der Waals surface area contributed by atoms with Gasteiger partial charge in [-0.15, -0.1) is 0 Å². The summed E-state index contributed by atoms with van der Waals surface area (Å²) in [5, 5.41) is 0. The van der Waals surface area contributed by atoms with Crippen molar-refractivity contribution in [3.05, 3.63) is 29.3 Å². The van der Waals surface area contributed by atoms with Gasteiger partial charge < -0.3 is 9.47 Å². The van der Waals surface area contributed by atoms with Crippen LogP contribution in [0, 0.1) is 0 Å². The zero-order chi connectivity index (χ0) is 19.6. The maximum absolute atomic E-state index is 12.1. The van der Waals surface area contributed by atoms with Gasteiger partial charge in [0.2, 0.25) is 0 Å². The van der Waals surface area contributed by atoms with E-state index in [0.717, 1.165) is 37.8 Å². The van der Waals surface area contributed by atoms with Gasteiger partial charge in [0.05, 0.1) is 29.2 Å². The molecule has 0 heterocycles. The maximum atomic E-state index is 12.1. The molecule has 0 aliphatic heterocycles. The van der Waals surface area contributed by atoms with Crippen molar-refractivity contribution in [1.82, 2.24) is 0 Å². The molecule has 1 aromatic carbocycles. The van der Waals surface area contributed by atoms with Gasteiger partial charge in [0, 0.05) is 0 Å². The van der Waals surface area contributed by atoms with Crippen LogP contribution in [0.25, 0.3) is 0 Å². The van der Waals surface area contributed by atoms with Gasteiger partial charge in [-0.3, -0.25) is 4.55 Å². The number of ether oxygens (including phenoxy) is 2. The van der Waals surface area contributed by atoms with Crippen LogP contribution in [-0.4, -0.2) is 87.0 Å². The zero-order valence-electron chi connectivity index (χ0n) is 15.9. The van der Waals surface area contributed by atoms with Crippen molar-refractivity contribution in [3.63, 3.8) is 0 Å². The van der Waals surface area contributed by atoms with Crippen molar-refractivity contribution < 1.29 is 32.0 Å². The summed E-state index contributed by atoms with van der Waals surface area (Å²) in [5.74, 6) is -1.52. The fourth-order valence-electron chi connectivity index (χ4n) is 2.18. The quantitative estimate of drug-likeness (QED) is 0.205. The van der Waals surface area contributed by atoms with Crippen molar-refractivity contribution in [3.8, 4) is 0 Å². The Morgan fingerprint density at radius 1 is 0.852 bits per heavy atom. The monoisotopic (exact) mass is 524 g/mol. The van der Waals surface area contributed by atoms with E-state index >= 15 is 0 Å². The molecule has 0 spiro atoms. The van der Waals surface area contributed by atoms with Crippen LogP contribution < -0.4 is 0 Å². The first-order valence-electron chi connectivity index (χ1n) is 8.76. The summed E-state index contributed by atoms with van der Waals surface area (Å²) >= 11 is 0. The molecular formula is C18H26BaO7S+2. The third-order valence-electron chi connectivity index (χ3n) is 3.64. The molecule has 1 rings (SSSR count). The first-order chi connectivity index (χ1) is 12.3. The molecular weight excluding hydrogens is 498 g/mol. The van der Waals surface area contributed by atoms with E-state index in [-0.39, 0.29) is 73.2 Å². The van der Waals surface area contributed by atoms with E-state index in [1.165, 1.54) is 6.07 Å². The molecule has 27 heavy (non-hydrogen) atoms. The fraction of sp³-hybridized carbons (Fsp3) is 0.556. The van der Waals surface area contributed by atoms with E-state index < -0.39 is 27.0 Å². The van der Waals surface area contributed by atoms with Crippen LogP contribution in [0.1, 0.15) is 73.1 Å². The first-order valence-corrected chi connectivity index (χ1v) is 10.2. The number of hydrogen-bond acceptors (Lipinski definition) is 6. The molecule has 0 unspecified atom stereocenters. The third-order valence-corrected chi connectivity index (χ3v) is 4.47. The minimum Gasteiger partial charge on any atom is -0.462 e. The second-order valence-electron chi connectivity index (χ2n) is 5.91. The second kappa shape index (κ2) is 13.8. The molecule has 0 saturated carbocycles. The van der Waals surface area contributed by atoms with Gasteiger partial charge in [0.1, 0.15) is 0 Å². The predicted molar refractivity (Wildman–Crippen MR) is 102 cm³/mol. The van der Waals surface area contributed by atoms with Crippen LogP contribution in [0.2, 0.25) is 0 Å². The standard InChI is InChI=1S/C18H26O7S.Ba/c1-3-5-7-9-24-17(19)14-11-15(13-16(12-14)26(21,22)23)18(20)25-10-8-6-4-2;/h11-13H,3-10H2,1-2H3,(H,21,22,23);/q;+2. The van der Waals surface area contributed by atoms with E-state index in [4.69, 9.17) is 9.47 Å². The van der Waals surface area contributed by atoms with Gasteiger partial charge in [-0.25, -0.2) is 9.59 Å². The predicted octanol–water partition coefficient (Wildman–Crippen LogP) is 3.25. The van der Waals surface area contributed by atoms with Crippen LogP contribution in [0.3, 0.4) is 0 Å². The van der Waals surface area contributed by atoms with Gasteiger partial charge in [0.25, 0.3) is 10.1 Å². The van der Waals surface area contributed by atoms with Crippen molar-refractivity contribution in [1.29, 1.82) is 0 Å². The molecule has 1 N–H and O–H groups in total. The minimum absolute atomic E-state index is 0. The summed E-state index contributed by atoms with van der Waals surface area (Å²) in [6.45, 7) is 4.41. The van der Waals surface area contributed by atoms with Gasteiger partial charge in [-0.2, -0.15) is 8.42 Å². The Hall–Kier alpha value is -0.359. The van der Waals surface area contributed by atoms with Gasteiger partial charge in [0.15, 0.2) is 0 Å². The summed E-state index contributed by atoms with van der Waals surface area (Å²) in [4.78, 5) is 23.7. The summed E-state index contributed by atoms with van der Waals surface area (Å²) in [5.41, 5.74) is -0.255. The molecule has 0 bridgehead atoms. The van der Waals surface area contributed by atoms with Crippen molar-refractivity contribution in [2.45, 2.75) is 57.3 Å². The van der Waals surface area contributed by atoms with Crippen LogP contribution in [0.15, 0.2) is 23.1 Å². The number of esters is 2. The number of benzene rings is 1. The summed E-state index contributed by atoms with van der Waals surface area (Å²) in [6, 6.07) is 3.16. The van der Waals surface area contributed by atoms with Crippen LogP contribution in [0.4, 0.5) is 0 Å². The van der Waals surface area contributed by atoms with Crippen LogP contribution >= 0.6 is 0 Å². The van der Waals surface area contributed by atoms with E-state index in [0.29, 0.717) is 12.8 Å². The van der Waals surface area contributed by atoms with Gasteiger partial charge in [-0.1, -0.05) is 39.5 Å². The Morgan fingerprint density at radius 2 is 1.26 bits per heavy atom. The normalized spacial score (nSPS) is 10.8. The second-order valence-corrected chi connectivity index (χ2v) is 7.33. The van der Waals surface area contributed by atoms with E-state index in [1.54, 1.807) is 0 Å². The maximum Gasteiger partial charge on any atom is 2.00 e. The van der Waals surface area contributed by atoms with Crippen LogP contribution in [0.5, 0.6) is 0 Å². The van der Waals surface area contributed by atoms with Crippen molar-refractivity contribution >= 4 is 70.9 Å². The molecule has 1 aromatic rings. The van der Waals surface area contributed by atoms with Crippen molar-refractivity contribution in [2.24, 2.45) is 0 Å². The Labute approximate surface area is 201 Å². The average Bonchev–Trinajstić information content (AvgIpc) is 2.61.